The summed E-state index contributed by atoms with van der Waals surface area (Å²) in [5.41, 5.74) is 1.30. The topological polar surface area (TPSA) is 30.5 Å². The summed E-state index contributed by atoms with van der Waals surface area (Å²) in [6.07, 6.45) is 3.43. The van der Waals surface area contributed by atoms with E-state index in [0.717, 1.165) is 19.6 Å². The first-order valence-electron chi connectivity index (χ1n) is 6.85. The molecule has 0 saturated carbocycles. The largest absolute Gasteiger partial charge is 0.353 e. The van der Waals surface area contributed by atoms with Gasteiger partial charge in [0.1, 0.15) is 0 Å². The summed E-state index contributed by atoms with van der Waals surface area (Å²) < 4.78 is 11.3. The molecule has 1 fully saturated rings. The molecule has 2 unspecified atom stereocenters. The highest BCUT2D eigenvalue weighted by atomic mass is 16.7. The van der Waals surface area contributed by atoms with Crippen LogP contribution in [0.4, 0.5) is 0 Å². The van der Waals surface area contributed by atoms with Gasteiger partial charge in [-0.05, 0) is 31.7 Å². The van der Waals surface area contributed by atoms with E-state index >= 15 is 0 Å². The zero-order valence-corrected chi connectivity index (χ0v) is 11.1. The van der Waals surface area contributed by atoms with Crippen molar-refractivity contribution < 1.29 is 9.47 Å². The van der Waals surface area contributed by atoms with Gasteiger partial charge in [-0.1, -0.05) is 30.3 Å². The van der Waals surface area contributed by atoms with E-state index in [9.17, 15) is 0 Å². The second-order valence-electron chi connectivity index (χ2n) is 4.90. The predicted octanol–water partition coefficient (Wildman–Crippen LogP) is 2.71. The van der Waals surface area contributed by atoms with E-state index in [0.29, 0.717) is 12.6 Å². The van der Waals surface area contributed by atoms with Crippen LogP contribution in [-0.4, -0.2) is 25.5 Å². The van der Waals surface area contributed by atoms with Crippen molar-refractivity contribution in [1.29, 1.82) is 0 Å². The normalized spacial score (nSPS) is 21.7. The van der Waals surface area contributed by atoms with Crippen LogP contribution >= 0.6 is 0 Å². The van der Waals surface area contributed by atoms with Gasteiger partial charge in [0.15, 0.2) is 6.29 Å². The second kappa shape index (κ2) is 7.52. The van der Waals surface area contributed by atoms with Crippen LogP contribution in [0.1, 0.15) is 31.7 Å². The highest BCUT2D eigenvalue weighted by molar-refractivity contribution is 5.14. The first kappa shape index (κ1) is 13.5. The van der Waals surface area contributed by atoms with Gasteiger partial charge in [-0.15, -0.1) is 0 Å². The van der Waals surface area contributed by atoms with E-state index in [4.69, 9.17) is 9.47 Å². The van der Waals surface area contributed by atoms with Gasteiger partial charge in [0, 0.05) is 19.2 Å². The van der Waals surface area contributed by atoms with Gasteiger partial charge in [0.2, 0.25) is 0 Å². The molecule has 100 valence electrons. The summed E-state index contributed by atoms with van der Waals surface area (Å²) in [6.45, 7) is 4.58. The lowest BCUT2D eigenvalue weighted by atomic mass is 10.2. The minimum atomic E-state index is 0.0136. The zero-order chi connectivity index (χ0) is 12.6. The van der Waals surface area contributed by atoms with Gasteiger partial charge in [0.05, 0.1) is 6.61 Å². The highest BCUT2D eigenvalue weighted by Crippen LogP contribution is 2.13. The fourth-order valence-electron chi connectivity index (χ4n) is 2.04. The van der Waals surface area contributed by atoms with Gasteiger partial charge >= 0.3 is 0 Å². The van der Waals surface area contributed by atoms with Crippen LogP contribution in [0.2, 0.25) is 0 Å². The predicted molar refractivity (Wildman–Crippen MR) is 72.3 cm³/mol. The van der Waals surface area contributed by atoms with E-state index in [1.807, 2.05) is 6.07 Å². The van der Waals surface area contributed by atoms with Crippen LogP contribution in [0.25, 0.3) is 0 Å². The highest BCUT2D eigenvalue weighted by Gasteiger charge is 2.14. The Kier molecular flexibility index (Phi) is 5.65. The molecule has 1 aliphatic rings. The molecule has 2 atom stereocenters. The van der Waals surface area contributed by atoms with Crippen molar-refractivity contribution >= 4 is 0 Å². The Balaban J connectivity index is 1.61. The maximum Gasteiger partial charge on any atom is 0.157 e. The van der Waals surface area contributed by atoms with E-state index in [-0.39, 0.29) is 6.29 Å². The van der Waals surface area contributed by atoms with Crippen molar-refractivity contribution in [2.45, 2.75) is 45.1 Å². The van der Waals surface area contributed by atoms with Gasteiger partial charge in [0.25, 0.3) is 0 Å². The van der Waals surface area contributed by atoms with Crippen LogP contribution < -0.4 is 5.32 Å². The number of hydrogen-bond acceptors (Lipinski definition) is 3. The number of rotatable bonds is 6. The minimum Gasteiger partial charge on any atom is -0.353 e. The molecule has 0 spiro atoms. The molecule has 1 saturated heterocycles. The molecule has 0 amide bonds. The third kappa shape index (κ3) is 4.77. The van der Waals surface area contributed by atoms with Crippen LogP contribution in [0, 0.1) is 0 Å². The molecule has 3 nitrogen and oxygen atoms in total. The monoisotopic (exact) mass is 249 g/mol. The fraction of sp³-hybridized carbons (Fsp3) is 0.600. The summed E-state index contributed by atoms with van der Waals surface area (Å²) in [5, 5.41) is 3.46. The molecule has 0 aromatic heterocycles. The van der Waals surface area contributed by atoms with Gasteiger partial charge in [-0.3, -0.25) is 0 Å². The summed E-state index contributed by atoms with van der Waals surface area (Å²) in [5.74, 6) is 0. The molecule has 0 radical (unpaired) electrons. The molecule has 0 aliphatic carbocycles. The first-order valence-corrected chi connectivity index (χ1v) is 6.85. The Hall–Kier alpha value is -0.900. The van der Waals surface area contributed by atoms with Gasteiger partial charge in [-0.2, -0.15) is 0 Å². The van der Waals surface area contributed by atoms with Crippen molar-refractivity contribution in [3.63, 3.8) is 0 Å². The van der Waals surface area contributed by atoms with Crippen molar-refractivity contribution in [2.24, 2.45) is 0 Å². The Bertz CT molecular complexity index is 323. The Morgan fingerprint density at radius 2 is 2.17 bits per heavy atom. The van der Waals surface area contributed by atoms with E-state index in [1.165, 1.54) is 18.4 Å². The molecule has 2 rings (SSSR count). The molecule has 1 aromatic carbocycles. The number of hydrogen-bond donors (Lipinski definition) is 1. The average molecular weight is 249 g/mol. The van der Waals surface area contributed by atoms with Gasteiger partial charge in [-0.25, -0.2) is 0 Å². The van der Waals surface area contributed by atoms with E-state index in [1.54, 1.807) is 0 Å². The standard InChI is InChI=1S/C15H23NO2/c1-13(12-18-15-9-5-6-10-17-15)16-11-14-7-3-2-4-8-14/h2-4,7-8,13,15-16H,5-6,9-12H2,1H3. The maximum atomic E-state index is 5.75. The molecule has 1 aromatic rings. The van der Waals surface area contributed by atoms with Crippen molar-refractivity contribution in [3.8, 4) is 0 Å². The molecule has 18 heavy (non-hydrogen) atoms. The van der Waals surface area contributed by atoms with E-state index < -0.39 is 0 Å². The fourth-order valence-corrected chi connectivity index (χ4v) is 2.04. The molecule has 0 bridgehead atoms. The Morgan fingerprint density at radius 1 is 1.33 bits per heavy atom. The van der Waals surface area contributed by atoms with E-state index in [2.05, 4.69) is 36.5 Å². The third-order valence-electron chi connectivity index (χ3n) is 3.17. The number of ether oxygens (including phenoxy) is 2. The molecule has 3 heteroatoms. The van der Waals surface area contributed by atoms with Crippen molar-refractivity contribution in [2.75, 3.05) is 13.2 Å². The summed E-state index contributed by atoms with van der Waals surface area (Å²) in [4.78, 5) is 0. The van der Waals surface area contributed by atoms with Crippen LogP contribution in [-0.2, 0) is 16.0 Å². The maximum absolute atomic E-state index is 5.75. The third-order valence-corrected chi connectivity index (χ3v) is 3.17. The smallest absolute Gasteiger partial charge is 0.157 e. The second-order valence-corrected chi connectivity index (χ2v) is 4.90. The molecule has 1 aliphatic heterocycles. The van der Waals surface area contributed by atoms with Crippen molar-refractivity contribution in [3.05, 3.63) is 35.9 Å². The van der Waals surface area contributed by atoms with Crippen molar-refractivity contribution in [1.82, 2.24) is 5.32 Å². The quantitative estimate of drug-likeness (QED) is 0.841. The average Bonchev–Trinajstić information content (AvgIpc) is 2.45. The lowest BCUT2D eigenvalue weighted by molar-refractivity contribution is -0.165. The number of nitrogens with one attached hydrogen (secondary N) is 1. The Morgan fingerprint density at radius 3 is 2.89 bits per heavy atom. The summed E-state index contributed by atoms with van der Waals surface area (Å²) in [6, 6.07) is 10.8. The minimum absolute atomic E-state index is 0.0136. The lowest BCUT2D eigenvalue weighted by Crippen LogP contribution is -2.33. The van der Waals surface area contributed by atoms with Gasteiger partial charge < -0.3 is 14.8 Å². The summed E-state index contributed by atoms with van der Waals surface area (Å²) >= 11 is 0. The van der Waals surface area contributed by atoms with Crippen LogP contribution in [0.3, 0.4) is 0 Å². The zero-order valence-electron chi connectivity index (χ0n) is 11.1. The number of benzene rings is 1. The molecular weight excluding hydrogens is 226 g/mol. The Labute approximate surface area is 109 Å². The molecule has 1 N–H and O–H groups in total. The lowest BCUT2D eigenvalue weighted by Gasteiger charge is -2.24. The SMILES string of the molecule is CC(COC1CCCCO1)NCc1ccccc1. The van der Waals surface area contributed by atoms with Crippen LogP contribution in [0.5, 0.6) is 0 Å². The summed E-state index contributed by atoms with van der Waals surface area (Å²) in [7, 11) is 0. The first-order chi connectivity index (χ1) is 8.84. The van der Waals surface area contributed by atoms with Crippen LogP contribution in [0.15, 0.2) is 30.3 Å². The molecule has 1 heterocycles. The molecular formula is C15H23NO2.